The van der Waals surface area contributed by atoms with Gasteiger partial charge in [0.15, 0.2) is 11.5 Å². The van der Waals surface area contributed by atoms with E-state index >= 15 is 0 Å². The number of methoxy groups -OCH3 is 1. The van der Waals surface area contributed by atoms with E-state index in [4.69, 9.17) is 14.2 Å². The van der Waals surface area contributed by atoms with Gasteiger partial charge in [0, 0.05) is 5.56 Å². The number of nitrogens with one attached hydrogen (secondary N) is 2. The molecule has 8 nitrogen and oxygen atoms in total. The minimum absolute atomic E-state index is 0.208. The van der Waals surface area contributed by atoms with Gasteiger partial charge in [-0.1, -0.05) is 43.7 Å². The Bertz CT molecular complexity index is 1150. The van der Waals surface area contributed by atoms with E-state index in [0.29, 0.717) is 41.6 Å². The Labute approximate surface area is 211 Å². The average Bonchev–Trinajstić information content (AvgIpc) is 2.92. The van der Waals surface area contributed by atoms with Crippen molar-refractivity contribution in [2.45, 2.75) is 26.4 Å². The number of rotatable bonds is 13. The molecule has 0 aromatic heterocycles. The highest BCUT2D eigenvalue weighted by Gasteiger charge is 2.09. The molecule has 2 N–H and O–H groups in total. The van der Waals surface area contributed by atoms with Gasteiger partial charge in [-0.3, -0.25) is 9.59 Å². The lowest BCUT2D eigenvalue weighted by atomic mass is 10.2. The zero-order valence-corrected chi connectivity index (χ0v) is 20.5. The summed E-state index contributed by atoms with van der Waals surface area (Å²) >= 11 is 0. The number of hydrogen-bond acceptors (Lipinski definition) is 6. The average molecular weight is 490 g/mol. The number of ether oxygens (including phenoxy) is 3. The highest BCUT2D eigenvalue weighted by molar-refractivity contribution is 5.96. The van der Waals surface area contributed by atoms with Crippen molar-refractivity contribution in [2.24, 2.45) is 5.10 Å². The van der Waals surface area contributed by atoms with Crippen molar-refractivity contribution in [3.63, 3.8) is 0 Å². The largest absolute Gasteiger partial charge is 0.494 e. The molecule has 0 aliphatic rings. The second kappa shape index (κ2) is 14.2. The van der Waals surface area contributed by atoms with Crippen LogP contribution in [-0.4, -0.2) is 38.3 Å². The fourth-order valence-electron chi connectivity index (χ4n) is 3.14. The summed E-state index contributed by atoms with van der Waals surface area (Å²) in [7, 11) is 1.56. The summed E-state index contributed by atoms with van der Waals surface area (Å²) in [6, 6.07) is 22.0. The minimum atomic E-state index is -0.450. The van der Waals surface area contributed by atoms with Crippen molar-refractivity contribution in [3.05, 3.63) is 89.5 Å². The Balaban J connectivity index is 1.44. The number of hydrazone groups is 1. The van der Waals surface area contributed by atoms with Crippen LogP contribution in [0.2, 0.25) is 0 Å². The van der Waals surface area contributed by atoms with Gasteiger partial charge in [0.05, 0.1) is 26.5 Å². The Kier molecular flexibility index (Phi) is 10.3. The summed E-state index contributed by atoms with van der Waals surface area (Å²) in [4.78, 5) is 24.3. The van der Waals surface area contributed by atoms with Crippen molar-refractivity contribution < 1.29 is 23.8 Å². The maximum atomic E-state index is 12.3. The van der Waals surface area contributed by atoms with Gasteiger partial charge in [-0.25, -0.2) is 5.43 Å². The third-order valence-electron chi connectivity index (χ3n) is 5.12. The standard InChI is InChI=1S/C28H31N3O5/c1-3-4-16-35-24-13-11-23(12-14-24)28(33)29-19-27(32)31-30-18-22-10-15-25(26(17-22)34-2)36-20-21-8-6-5-7-9-21/h5-15,17-18H,3-4,16,19-20H2,1-2H3,(H,29,33)(H,31,32)/b30-18-. The minimum Gasteiger partial charge on any atom is -0.494 e. The molecule has 0 heterocycles. The first-order valence-electron chi connectivity index (χ1n) is 11.8. The lowest BCUT2D eigenvalue weighted by molar-refractivity contribution is -0.120. The van der Waals surface area contributed by atoms with Crippen LogP contribution in [0.5, 0.6) is 17.2 Å². The molecule has 0 saturated heterocycles. The Morgan fingerprint density at radius 3 is 2.44 bits per heavy atom. The van der Waals surface area contributed by atoms with Crippen LogP contribution in [0.3, 0.4) is 0 Å². The molecular formula is C28H31N3O5. The molecule has 0 atom stereocenters. The smallest absolute Gasteiger partial charge is 0.259 e. The van der Waals surface area contributed by atoms with Crippen molar-refractivity contribution in [3.8, 4) is 17.2 Å². The molecule has 188 valence electrons. The lowest BCUT2D eigenvalue weighted by Crippen LogP contribution is -2.34. The van der Waals surface area contributed by atoms with E-state index in [-0.39, 0.29) is 12.5 Å². The first kappa shape index (κ1) is 26.3. The summed E-state index contributed by atoms with van der Waals surface area (Å²) in [6.07, 6.45) is 3.51. The molecule has 0 aliphatic heterocycles. The molecule has 8 heteroatoms. The van der Waals surface area contributed by atoms with E-state index in [0.717, 1.165) is 18.4 Å². The second-order valence-corrected chi connectivity index (χ2v) is 7.89. The number of hydrogen-bond donors (Lipinski definition) is 2. The molecule has 3 aromatic rings. The maximum Gasteiger partial charge on any atom is 0.259 e. The zero-order chi connectivity index (χ0) is 25.6. The van der Waals surface area contributed by atoms with Crippen molar-refractivity contribution >= 4 is 18.0 Å². The van der Waals surface area contributed by atoms with Gasteiger partial charge in [0.2, 0.25) is 0 Å². The monoisotopic (exact) mass is 489 g/mol. The molecule has 0 unspecified atom stereocenters. The van der Waals surface area contributed by atoms with E-state index in [1.807, 2.05) is 30.3 Å². The van der Waals surface area contributed by atoms with E-state index < -0.39 is 5.91 Å². The fourth-order valence-corrected chi connectivity index (χ4v) is 3.14. The topological polar surface area (TPSA) is 98.2 Å². The van der Waals surface area contributed by atoms with Crippen molar-refractivity contribution in [1.82, 2.24) is 10.7 Å². The van der Waals surface area contributed by atoms with E-state index in [9.17, 15) is 9.59 Å². The molecule has 36 heavy (non-hydrogen) atoms. The molecule has 3 rings (SSSR count). The van der Waals surface area contributed by atoms with Crippen LogP contribution >= 0.6 is 0 Å². The van der Waals surface area contributed by atoms with E-state index in [1.165, 1.54) is 6.21 Å². The number of benzene rings is 3. The lowest BCUT2D eigenvalue weighted by Gasteiger charge is -2.11. The first-order chi connectivity index (χ1) is 17.6. The highest BCUT2D eigenvalue weighted by atomic mass is 16.5. The second-order valence-electron chi connectivity index (χ2n) is 7.89. The van der Waals surface area contributed by atoms with Gasteiger partial charge in [-0.05, 0) is 60.0 Å². The first-order valence-corrected chi connectivity index (χ1v) is 11.8. The predicted molar refractivity (Wildman–Crippen MR) is 139 cm³/mol. The van der Waals surface area contributed by atoms with Gasteiger partial charge in [-0.15, -0.1) is 0 Å². The molecule has 3 aromatic carbocycles. The quantitative estimate of drug-likeness (QED) is 0.212. The summed E-state index contributed by atoms with van der Waals surface area (Å²) in [5.41, 5.74) is 4.60. The van der Waals surface area contributed by atoms with Gasteiger partial charge in [0.25, 0.3) is 11.8 Å². The third-order valence-corrected chi connectivity index (χ3v) is 5.12. The SMILES string of the molecule is CCCCOc1ccc(C(=O)NCC(=O)N/N=C\c2ccc(OCc3ccccc3)c(OC)c2)cc1. The number of carbonyl (C=O) groups excluding carboxylic acids is 2. The third kappa shape index (κ3) is 8.47. The molecule has 0 spiro atoms. The highest BCUT2D eigenvalue weighted by Crippen LogP contribution is 2.28. The van der Waals surface area contributed by atoms with Crippen LogP contribution in [0.1, 0.15) is 41.3 Å². The zero-order valence-electron chi connectivity index (χ0n) is 20.5. The van der Waals surface area contributed by atoms with Gasteiger partial charge in [-0.2, -0.15) is 5.10 Å². The summed E-state index contributed by atoms with van der Waals surface area (Å²) in [5, 5.41) is 6.52. The van der Waals surface area contributed by atoms with Crippen LogP contribution in [0, 0.1) is 0 Å². The van der Waals surface area contributed by atoms with Crippen LogP contribution in [-0.2, 0) is 11.4 Å². The molecule has 0 fully saturated rings. The summed E-state index contributed by atoms with van der Waals surface area (Å²) < 4.78 is 16.8. The van der Waals surface area contributed by atoms with E-state index in [1.54, 1.807) is 49.6 Å². The van der Waals surface area contributed by atoms with Crippen molar-refractivity contribution in [1.29, 1.82) is 0 Å². The molecule has 0 radical (unpaired) electrons. The van der Waals surface area contributed by atoms with E-state index in [2.05, 4.69) is 22.8 Å². The van der Waals surface area contributed by atoms with Crippen molar-refractivity contribution in [2.75, 3.05) is 20.3 Å². The van der Waals surface area contributed by atoms with Crippen LogP contribution < -0.4 is 25.0 Å². The maximum absolute atomic E-state index is 12.3. The van der Waals surface area contributed by atoms with Crippen LogP contribution in [0.15, 0.2) is 77.9 Å². The van der Waals surface area contributed by atoms with Crippen LogP contribution in [0.4, 0.5) is 0 Å². The van der Waals surface area contributed by atoms with Gasteiger partial charge in [0.1, 0.15) is 12.4 Å². The molecule has 2 amide bonds. The summed E-state index contributed by atoms with van der Waals surface area (Å²) in [6.45, 7) is 2.95. The number of amides is 2. The number of nitrogens with zero attached hydrogens (tertiary/aromatic N) is 1. The van der Waals surface area contributed by atoms with Gasteiger partial charge >= 0.3 is 0 Å². The number of unbranched alkanes of at least 4 members (excludes halogenated alkanes) is 1. The Morgan fingerprint density at radius 2 is 1.72 bits per heavy atom. The normalized spacial score (nSPS) is 10.6. The molecule has 0 saturated carbocycles. The van der Waals surface area contributed by atoms with Gasteiger partial charge < -0.3 is 19.5 Å². The predicted octanol–water partition coefficient (Wildman–Crippen LogP) is 4.33. The molecule has 0 bridgehead atoms. The number of carbonyl (C=O) groups is 2. The molecule has 0 aliphatic carbocycles. The Hall–Kier alpha value is -4.33. The Morgan fingerprint density at radius 1 is 0.944 bits per heavy atom. The molecular weight excluding hydrogens is 458 g/mol. The summed E-state index contributed by atoms with van der Waals surface area (Å²) in [5.74, 6) is 1.06. The fraction of sp³-hybridized carbons (Fsp3) is 0.250. The van der Waals surface area contributed by atoms with Crippen LogP contribution in [0.25, 0.3) is 0 Å².